The highest BCUT2D eigenvalue weighted by Gasteiger charge is 2.14. The Kier molecular flexibility index (Phi) is 4.20. The number of carbonyl (C=O) groups is 1. The predicted molar refractivity (Wildman–Crippen MR) is 105 cm³/mol. The smallest absolute Gasteiger partial charge is 0.244 e. The fraction of sp³-hybridized carbons (Fsp3) is 0.0909. The summed E-state index contributed by atoms with van der Waals surface area (Å²) in [6, 6.07) is 19.2. The summed E-state index contributed by atoms with van der Waals surface area (Å²) in [6.07, 6.45) is 0. The molecule has 0 fully saturated rings. The molecule has 0 unspecified atom stereocenters. The number of carbonyl (C=O) groups excluding carboxylic acids is 1. The number of hydrogen-bond donors (Lipinski definition) is 1. The number of fused-ring (bicyclic) bond motifs is 2. The number of para-hydroxylation sites is 1. The third-order valence-corrected chi connectivity index (χ3v) is 4.65. The van der Waals surface area contributed by atoms with Crippen molar-refractivity contribution in [3.8, 4) is 0 Å². The van der Waals surface area contributed by atoms with Crippen molar-refractivity contribution in [1.29, 1.82) is 0 Å². The molecule has 0 atom stereocenters. The van der Waals surface area contributed by atoms with Crippen LogP contribution in [0, 0.1) is 12.7 Å². The maximum absolute atomic E-state index is 14.4. The molecule has 0 aliphatic carbocycles. The van der Waals surface area contributed by atoms with E-state index in [4.69, 9.17) is 0 Å². The first-order valence-electron chi connectivity index (χ1n) is 8.61. The van der Waals surface area contributed by atoms with Crippen LogP contribution < -0.4 is 10.7 Å². The number of amides is 1. The average Bonchev–Trinajstić information content (AvgIpc) is 2.65. The Balaban J connectivity index is 1.72. The molecule has 134 valence electrons. The summed E-state index contributed by atoms with van der Waals surface area (Å²) in [5.41, 5.74) is 1.12. The molecule has 1 heterocycles. The van der Waals surface area contributed by atoms with Crippen molar-refractivity contribution in [3.05, 3.63) is 88.5 Å². The number of aromatic nitrogens is 1. The Morgan fingerprint density at radius 2 is 1.70 bits per heavy atom. The molecule has 4 nitrogen and oxygen atoms in total. The molecule has 0 bridgehead atoms. The summed E-state index contributed by atoms with van der Waals surface area (Å²) in [6.45, 7) is 1.60. The zero-order valence-electron chi connectivity index (χ0n) is 14.7. The third kappa shape index (κ3) is 3.08. The number of pyridine rings is 1. The van der Waals surface area contributed by atoms with Crippen LogP contribution in [0.2, 0.25) is 0 Å². The Morgan fingerprint density at radius 3 is 2.56 bits per heavy atom. The monoisotopic (exact) mass is 360 g/mol. The Hall–Kier alpha value is -3.47. The molecule has 5 heteroatoms. The maximum atomic E-state index is 14.4. The van der Waals surface area contributed by atoms with E-state index in [0.717, 1.165) is 10.8 Å². The maximum Gasteiger partial charge on any atom is 0.244 e. The molecule has 0 aliphatic heterocycles. The first-order valence-corrected chi connectivity index (χ1v) is 8.61. The van der Waals surface area contributed by atoms with Crippen molar-refractivity contribution in [2.24, 2.45) is 0 Å². The number of anilines is 1. The minimum atomic E-state index is -0.522. The van der Waals surface area contributed by atoms with Crippen LogP contribution >= 0.6 is 0 Å². The molecule has 4 rings (SSSR count). The SMILES string of the molecule is Cc1cc(=O)c2cccc(F)c2n1CC(=O)Nc1cccc2ccccc12. The largest absolute Gasteiger partial charge is 0.333 e. The molecule has 0 radical (unpaired) electrons. The first-order chi connectivity index (χ1) is 13.0. The number of nitrogens with one attached hydrogen (secondary N) is 1. The molecule has 27 heavy (non-hydrogen) atoms. The number of rotatable bonds is 3. The highest BCUT2D eigenvalue weighted by Crippen LogP contribution is 2.23. The molecule has 4 aromatic rings. The molecule has 0 saturated carbocycles. The standard InChI is InChI=1S/C22H17FN2O2/c1-14-12-20(26)17-9-5-10-18(23)22(17)25(14)13-21(27)24-19-11-4-7-15-6-2-3-8-16(15)19/h2-12H,13H2,1H3,(H,24,27). The number of nitrogens with zero attached hydrogens (tertiary/aromatic N) is 1. The summed E-state index contributed by atoms with van der Waals surface area (Å²) < 4.78 is 15.9. The van der Waals surface area contributed by atoms with E-state index in [1.807, 2.05) is 42.5 Å². The van der Waals surface area contributed by atoms with E-state index >= 15 is 0 Å². The Bertz CT molecular complexity index is 1240. The van der Waals surface area contributed by atoms with Crippen LogP contribution in [0.3, 0.4) is 0 Å². The fourth-order valence-corrected chi connectivity index (χ4v) is 3.38. The topological polar surface area (TPSA) is 51.1 Å². The van der Waals surface area contributed by atoms with Crippen molar-refractivity contribution < 1.29 is 9.18 Å². The molecule has 3 aromatic carbocycles. The molecule has 1 amide bonds. The van der Waals surface area contributed by atoms with Crippen molar-refractivity contribution in [2.75, 3.05) is 5.32 Å². The fourth-order valence-electron chi connectivity index (χ4n) is 3.38. The number of halogens is 1. The lowest BCUT2D eigenvalue weighted by molar-refractivity contribution is -0.116. The van der Waals surface area contributed by atoms with Gasteiger partial charge in [-0.3, -0.25) is 9.59 Å². The van der Waals surface area contributed by atoms with E-state index in [9.17, 15) is 14.0 Å². The van der Waals surface area contributed by atoms with E-state index < -0.39 is 5.82 Å². The zero-order valence-corrected chi connectivity index (χ0v) is 14.7. The number of aryl methyl sites for hydroxylation is 1. The van der Waals surface area contributed by atoms with Crippen LogP contribution in [0.25, 0.3) is 21.7 Å². The van der Waals surface area contributed by atoms with Crippen LogP contribution in [0.15, 0.2) is 71.5 Å². The van der Waals surface area contributed by atoms with E-state index in [2.05, 4.69) is 5.32 Å². The summed E-state index contributed by atoms with van der Waals surface area (Å²) in [5, 5.41) is 5.11. The summed E-state index contributed by atoms with van der Waals surface area (Å²) >= 11 is 0. The molecular weight excluding hydrogens is 343 g/mol. The van der Waals surface area contributed by atoms with Gasteiger partial charge in [-0.1, -0.05) is 42.5 Å². The van der Waals surface area contributed by atoms with Crippen LogP contribution in [0.4, 0.5) is 10.1 Å². The second kappa shape index (κ2) is 6.68. The highest BCUT2D eigenvalue weighted by atomic mass is 19.1. The van der Waals surface area contributed by atoms with Gasteiger partial charge in [0.2, 0.25) is 5.91 Å². The lowest BCUT2D eigenvalue weighted by atomic mass is 10.1. The number of benzene rings is 3. The van der Waals surface area contributed by atoms with Crippen molar-refractivity contribution in [3.63, 3.8) is 0 Å². The zero-order chi connectivity index (χ0) is 19.0. The lowest BCUT2D eigenvalue weighted by Crippen LogP contribution is -2.23. The van der Waals surface area contributed by atoms with E-state index in [1.54, 1.807) is 13.0 Å². The van der Waals surface area contributed by atoms with Crippen molar-refractivity contribution >= 4 is 33.3 Å². The van der Waals surface area contributed by atoms with Gasteiger partial charge in [0, 0.05) is 28.2 Å². The van der Waals surface area contributed by atoms with Gasteiger partial charge in [-0.2, -0.15) is 0 Å². The van der Waals surface area contributed by atoms with Gasteiger partial charge in [0.05, 0.1) is 5.52 Å². The molecule has 0 saturated heterocycles. The molecule has 0 aliphatic rings. The summed E-state index contributed by atoms with van der Waals surface area (Å²) in [7, 11) is 0. The number of hydrogen-bond acceptors (Lipinski definition) is 2. The second-order valence-electron chi connectivity index (χ2n) is 6.45. The molecule has 1 aromatic heterocycles. The van der Waals surface area contributed by atoms with Gasteiger partial charge in [-0.15, -0.1) is 0 Å². The van der Waals surface area contributed by atoms with E-state index in [-0.39, 0.29) is 28.8 Å². The normalized spacial score (nSPS) is 11.0. The van der Waals surface area contributed by atoms with Crippen LogP contribution in [-0.4, -0.2) is 10.5 Å². The lowest BCUT2D eigenvalue weighted by Gasteiger charge is -2.15. The molecule has 1 N–H and O–H groups in total. The summed E-state index contributed by atoms with van der Waals surface area (Å²) in [5.74, 6) is -0.811. The molecular formula is C22H17FN2O2. The van der Waals surface area contributed by atoms with Gasteiger partial charge >= 0.3 is 0 Å². The minimum absolute atomic E-state index is 0.0905. The first kappa shape index (κ1) is 17.0. The van der Waals surface area contributed by atoms with Gasteiger partial charge in [0.1, 0.15) is 12.4 Å². The average molecular weight is 360 g/mol. The van der Waals surface area contributed by atoms with Crippen LogP contribution in [0.1, 0.15) is 5.69 Å². The Labute approximate surface area is 154 Å². The second-order valence-corrected chi connectivity index (χ2v) is 6.45. The quantitative estimate of drug-likeness (QED) is 0.594. The minimum Gasteiger partial charge on any atom is -0.333 e. The summed E-state index contributed by atoms with van der Waals surface area (Å²) in [4.78, 5) is 24.8. The van der Waals surface area contributed by atoms with Gasteiger partial charge in [0.25, 0.3) is 0 Å². The highest BCUT2D eigenvalue weighted by molar-refractivity contribution is 6.02. The predicted octanol–water partition coefficient (Wildman–Crippen LogP) is 4.24. The van der Waals surface area contributed by atoms with Crippen LogP contribution in [0.5, 0.6) is 0 Å². The van der Waals surface area contributed by atoms with Gasteiger partial charge < -0.3 is 9.88 Å². The van der Waals surface area contributed by atoms with E-state index in [0.29, 0.717) is 11.4 Å². The Morgan fingerprint density at radius 1 is 1.00 bits per heavy atom. The molecule has 0 spiro atoms. The third-order valence-electron chi connectivity index (χ3n) is 4.65. The van der Waals surface area contributed by atoms with E-state index in [1.165, 1.54) is 22.8 Å². The van der Waals surface area contributed by atoms with Gasteiger partial charge in [0.15, 0.2) is 5.43 Å². The van der Waals surface area contributed by atoms with Gasteiger partial charge in [-0.25, -0.2) is 4.39 Å². The van der Waals surface area contributed by atoms with Crippen molar-refractivity contribution in [1.82, 2.24) is 4.57 Å². The van der Waals surface area contributed by atoms with Crippen molar-refractivity contribution in [2.45, 2.75) is 13.5 Å². The van der Waals surface area contributed by atoms with Crippen LogP contribution in [-0.2, 0) is 11.3 Å². The van der Waals surface area contributed by atoms with Gasteiger partial charge in [-0.05, 0) is 30.5 Å².